The van der Waals surface area contributed by atoms with E-state index in [2.05, 4.69) is 102 Å². The standard InChI is InChI=1S/C27H24N2O2S/c1-19-4-10-23(11-5-19)29(24-12-6-20(2)7-13-24)25-14-8-22(9-15-25)27-17-16-26(32-27)18-28-31-21(3)30/h4-18H,1-3H3/b28-18+. The minimum absolute atomic E-state index is 0.430. The van der Waals surface area contributed by atoms with Crippen LogP contribution in [0.15, 0.2) is 90.1 Å². The predicted octanol–water partition coefficient (Wildman–Crippen LogP) is 7.40. The molecule has 0 radical (unpaired) electrons. The van der Waals surface area contributed by atoms with Crippen molar-refractivity contribution in [3.8, 4) is 10.4 Å². The fraction of sp³-hybridized carbons (Fsp3) is 0.111. The molecule has 0 bridgehead atoms. The molecule has 32 heavy (non-hydrogen) atoms. The average molecular weight is 441 g/mol. The highest BCUT2D eigenvalue weighted by molar-refractivity contribution is 7.17. The summed E-state index contributed by atoms with van der Waals surface area (Å²) in [4.78, 5) is 19.8. The number of carbonyl (C=O) groups excluding carboxylic acids is 1. The molecule has 4 aromatic rings. The summed E-state index contributed by atoms with van der Waals surface area (Å²) in [7, 11) is 0. The number of thiophene rings is 1. The molecule has 0 aliphatic heterocycles. The minimum Gasteiger partial charge on any atom is -0.319 e. The monoisotopic (exact) mass is 440 g/mol. The summed E-state index contributed by atoms with van der Waals surface area (Å²) in [6.07, 6.45) is 1.56. The Labute approximate surface area is 192 Å². The Morgan fingerprint density at radius 2 is 1.28 bits per heavy atom. The first-order valence-corrected chi connectivity index (χ1v) is 11.2. The lowest BCUT2D eigenvalue weighted by atomic mass is 10.1. The number of aryl methyl sites for hydroxylation is 2. The molecule has 0 saturated heterocycles. The van der Waals surface area contributed by atoms with Crippen LogP contribution in [0.3, 0.4) is 0 Å². The number of hydrogen-bond acceptors (Lipinski definition) is 5. The van der Waals surface area contributed by atoms with Gasteiger partial charge in [-0.3, -0.25) is 0 Å². The highest BCUT2D eigenvalue weighted by Gasteiger charge is 2.13. The Hall–Kier alpha value is -3.70. The van der Waals surface area contributed by atoms with E-state index in [0.29, 0.717) is 0 Å². The number of rotatable bonds is 6. The second kappa shape index (κ2) is 9.62. The molecule has 0 aliphatic carbocycles. The van der Waals surface area contributed by atoms with Gasteiger partial charge in [0.25, 0.3) is 0 Å². The topological polar surface area (TPSA) is 41.9 Å². The molecule has 0 aliphatic rings. The van der Waals surface area contributed by atoms with E-state index in [1.54, 1.807) is 17.6 Å². The molecule has 4 nitrogen and oxygen atoms in total. The Morgan fingerprint density at radius 1 is 0.781 bits per heavy atom. The van der Waals surface area contributed by atoms with Gasteiger partial charge in [0, 0.05) is 33.7 Å². The number of benzene rings is 3. The van der Waals surface area contributed by atoms with Gasteiger partial charge < -0.3 is 9.74 Å². The summed E-state index contributed by atoms with van der Waals surface area (Å²) in [6, 6.07) is 29.7. The maximum atomic E-state index is 10.8. The molecule has 0 unspecified atom stereocenters. The van der Waals surface area contributed by atoms with Gasteiger partial charge >= 0.3 is 5.97 Å². The van der Waals surface area contributed by atoms with Gasteiger partial charge in [0.1, 0.15) is 0 Å². The molecule has 160 valence electrons. The molecule has 4 rings (SSSR count). The molecular formula is C27H24N2O2S. The molecular weight excluding hydrogens is 416 g/mol. The van der Waals surface area contributed by atoms with E-state index in [0.717, 1.165) is 32.4 Å². The van der Waals surface area contributed by atoms with E-state index < -0.39 is 5.97 Å². The van der Waals surface area contributed by atoms with Crippen LogP contribution < -0.4 is 4.90 Å². The predicted molar refractivity (Wildman–Crippen MR) is 133 cm³/mol. The lowest BCUT2D eigenvalue weighted by molar-refractivity contribution is -0.140. The van der Waals surface area contributed by atoms with Crippen molar-refractivity contribution in [2.24, 2.45) is 5.16 Å². The maximum absolute atomic E-state index is 10.8. The second-order valence-corrected chi connectivity index (χ2v) is 8.69. The SMILES string of the molecule is CC(=O)O/N=C/c1ccc(-c2ccc(N(c3ccc(C)cc3)c3ccc(C)cc3)cc2)s1. The average Bonchev–Trinajstić information content (AvgIpc) is 3.26. The number of anilines is 3. The number of oxime groups is 1. The first kappa shape index (κ1) is 21.5. The van der Waals surface area contributed by atoms with Gasteiger partial charge in [-0.2, -0.15) is 0 Å². The molecule has 0 amide bonds. The zero-order chi connectivity index (χ0) is 22.5. The number of hydrogen-bond donors (Lipinski definition) is 0. The number of carbonyl (C=O) groups is 1. The molecule has 0 N–H and O–H groups in total. The van der Waals surface area contributed by atoms with E-state index in [1.165, 1.54) is 18.1 Å². The van der Waals surface area contributed by atoms with Crippen molar-refractivity contribution in [3.63, 3.8) is 0 Å². The zero-order valence-electron chi connectivity index (χ0n) is 18.3. The molecule has 5 heteroatoms. The molecule has 1 heterocycles. The Bertz CT molecular complexity index is 1180. The Morgan fingerprint density at radius 3 is 1.78 bits per heavy atom. The Balaban J connectivity index is 1.63. The first-order chi connectivity index (χ1) is 15.5. The second-order valence-electron chi connectivity index (χ2n) is 7.57. The van der Waals surface area contributed by atoms with E-state index in [-0.39, 0.29) is 0 Å². The zero-order valence-corrected chi connectivity index (χ0v) is 19.1. The lowest BCUT2D eigenvalue weighted by Gasteiger charge is -2.26. The van der Waals surface area contributed by atoms with Crippen molar-refractivity contribution in [3.05, 3.63) is 101 Å². The normalized spacial score (nSPS) is 11.0. The van der Waals surface area contributed by atoms with Gasteiger partial charge in [-0.05, 0) is 67.9 Å². The van der Waals surface area contributed by atoms with Gasteiger partial charge in [-0.15, -0.1) is 11.3 Å². The third-order valence-corrected chi connectivity index (χ3v) is 6.05. The van der Waals surface area contributed by atoms with Crippen LogP contribution in [-0.2, 0) is 9.63 Å². The van der Waals surface area contributed by atoms with Crippen LogP contribution in [0, 0.1) is 13.8 Å². The van der Waals surface area contributed by atoms with E-state index in [4.69, 9.17) is 0 Å². The highest BCUT2D eigenvalue weighted by atomic mass is 32.1. The van der Waals surface area contributed by atoms with Crippen LogP contribution in [-0.4, -0.2) is 12.2 Å². The summed E-state index contributed by atoms with van der Waals surface area (Å²) in [5.74, 6) is -0.430. The molecule has 1 aromatic heterocycles. The van der Waals surface area contributed by atoms with Crippen molar-refractivity contribution in [2.45, 2.75) is 20.8 Å². The third-order valence-electron chi connectivity index (χ3n) is 4.98. The van der Waals surface area contributed by atoms with Crippen LogP contribution in [0.4, 0.5) is 17.1 Å². The molecule has 0 atom stereocenters. The summed E-state index contributed by atoms with van der Waals surface area (Å²) in [5, 5.41) is 3.69. The number of nitrogens with zero attached hydrogens (tertiary/aromatic N) is 2. The smallest absolute Gasteiger partial charge is 0.319 e. The first-order valence-electron chi connectivity index (χ1n) is 10.3. The summed E-state index contributed by atoms with van der Waals surface area (Å²) >= 11 is 1.59. The summed E-state index contributed by atoms with van der Waals surface area (Å²) in [6.45, 7) is 5.53. The van der Waals surface area contributed by atoms with Crippen molar-refractivity contribution >= 4 is 40.6 Å². The van der Waals surface area contributed by atoms with Gasteiger partial charge in [0.2, 0.25) is 0 Å². The molecule has 0 saturated carbocycles. The molecule has 3 aromatic carbocycles. The van der Waals surface area contributed by atoms with Crippen molar-refractivity contribution in [2.75, 3.05) is 4.90 Å². The van der Waals surface area contributed by atoms with Crippen LogP contribution >= 0.6 is 11.3 Å². The quantitative estimate of drug-likeness (QED) is 0.178. The largest absolute Gasteiger partial charge is 0.331 e. The molecule has 0 spiro atoms. The van der Waals surface area contributed by atoms with E-state index in [9.17, 15) is 4.79 Å². The summed E-state index contributed by atoms with van der Waals surface area (Å²) in [5.41, 5.74) is 6.92. The van der Waals surface area contributed by atoms with Gasteiger partial charge in [-0.1, -0.05) is 52.7 Å². The molecule has 0 fully saturated rings. The third kappa shape index (κ3) is 5.13. The summed E-state index contributed by atoms with van der Waals surface area (Å²) < 4.78 is 0. The lowest BCUT2D eigenvalue weighted by Crippen LogP contribution is -2.09. The fourth-order valence-electron chi connectivity index (χ4n) is 3.34. The Kier molecular flexibility index (Phi) is 6.47. The van der Waals surface area contributed by atoms with Crippen LogP contribution in [0.2, 0.25) is 0 Å². The maximum Gasteiger partial charge on any atom is 0.331 e. The highest BCUT2D eigenvalue weighted by Crippen LogP contribution is 2.36. The van der Waals surface area contributed by atoms with E-state index in [1.807, 2.05) is 12.1 Å². The van der Waals surface area contributed by atoms with Crippen LogP contribution in [0.5, 0.6) is 0 Å². The van der Waals surface area contributed by atoms with Crippen molar-refractivity contribution in [1.29, 1.82) is 0 Å². The fourth-order valence-corrected chi connectivity index (χ4v) is 4.22. The minimum atomic E-state index is -0.430. The van der Waals surface area contributed by atoms with Gasteiger partial charge in [0.15, 0.2) is 0 Å². The van der Waals surface area contributed by atoms with Crippen molar-refractivity contribution < 1.29 is 9.63 Å². The van der Waals surface area contributed by atoms with Crippen molar-refractivity contribution in [1.82, 2.24) is 0 Å². The van der Waals surface area contributed by atoms with Gasteiger partial charge in [0.05, 0.1) is 6.21 Å². The van der Waals surface area contributed by atoms with Gasteiger partial charge in [-0.25, -0.2) is 4.79 Å². The van der Waals surface area contributed by atoms with Crippen LogP contribution in [0.25, 0.3) is 10.4 Å². The van der Waals surface area contributed by atoms with E-state index >= 15 is 0 Å². The van der Waals surface area contributed by atoms with Crippen LogP contribution in [0.1, 0.15) is 22.9 Å².